The topological polar surface area (TPSA) is 31.4 Å². The summed E-state index contributed by atoms with van der Waals surface area (Å²) in [5.41, 5.74) is 2.20. The van der Waals surface area contributed by atoms with Gasteiger partial charge in [-0.15, -0.1) is 0 Å². The molecule has 1 aromatic carbocycles. The van der Waals surface area contributed by atoms with E-state index in [0.29, 0.717) is 5.02 Å². The Balaban J connectivity index is 1.44. The van der Waals surface area contributed by atoms with E-state index in [1.807, 2.05) is 36.7 Å². The molecule has 0 saturated carbocycles. The van der Waals surface area contributed by atoms with Gasteiger partial charge in [-0.3, -0.25) is 9.88 Å². The largest absolute Gasteiger partial charge is 0.346 e. The summed E-state index contributed by atoms with van der Waals surface area (Å²) in [5.74, 6) is 0. The molecule has 1 N–H and O–H groups in total. The molecule has 24 heavy (non-hydrogen) atoms. The van der Waals surface area contributed by atoms with Crippen molar-refractivity contribution in [2.75, 3.05) is 38.0 Å². The van der Waals surface area contributed by atoms with Crippen molar-refractivity contribution in [3.63, 3.8) is 0 Å². The maximum absolute atomic E-state index is 6.18. The second kappa shape index (κ2) is 8.42. The third-order valence-electron chi connectivity index (χ3n) is 4.24. The van der Waals surface area contributed by atoms with Crippen LogP contribution in [0.15, 0.2) is 48.8 Å². The Kier molecular flexibility index (Phi) is 6.01. The van der Waals surface area contributed by atoms with Gasteiger partial charge in [0, 0.05) is 45.1 Å². The van der Waals surface area contributed by atoms with Crippen LogP contribution < -0.4 is 5.32 Å². The van der Waals surface area contributed by atoms with E-state index < -0.39 is 0 Å². The van der Waals surface area contributed by atoms with Crippen molar-refractivity contribution in [1.82, 2.24) is 14.8 Å². The highest BCUT2D eigenvalue weighted by Gasteiger charge is 2.19. The summed E-state index contributed by atoms with van der Waals surface area (Å²) >= 11 is 11.7. The number of nitrogens with one attached hydrogen (secondary N) is 1. The molecule has 1 aliphatic rings. The number of nitrogens with zero attached hydrogens (tertiary/aromatic N) is 3. The van der Waals surface area contributed by atoms with E-state index in [9.17, 15) is 0 Å². The molecule has 0 amide bonds. The molecule has 1 aliphatic heterocycles. The lowest BCUT2D eigenvalue weighted by molar-refractivity contribution is 0.185. The van der Waals surface area contributed by atoms with Gasteiger partial charge < -0.3 is 10.2 Å². The molecule has 0 atom stereocenters. The monoisotopic (exact) mass is 360 g/mol. The highest BCUT2D eigenvalue weighted by Crippen LogP contribution is 2.21. The summed E-state index contributed by atoms with van der Waals surface area (Å²) < 4.78 is 0. The molecule has 1 saturated heterocycles. The average Bonchev–Trinajstić information content (AvgIpc) is 2.63. The molecule has 6 heteroatoms. The quantitative estimate of drug-likeness (QED) is 0.845. The Hall–Kier alpha value is -1.69. The van der Waals surface area contributed by atoms with Gasteiger partial charge in [0.1, 0.15) is 0 Å². The molecule has 0 bridgehead atoms. The Labute approximate surface area is 153 Å². The minimum absolute atomic E-state index is 0.691. The predicted molar refractivity (Wildman–Crippen MR) is 104 cm³/mol. The molecule has 2 aromatic rings. The summed E-state index contributed by atoms with van der Waals surface area (Å²) in [6.07, 6.45) is 4.77. The number of anilines is 1. The normalized spacial score (nSPS) is 15.3. The molecule has 0 unspecified atom stereocenters. The lowest BCUT2D eigenvalue weighted by Gasteiger charge is -2.36. The van der Waals surface area contributed by atoms with Crippen LogP contribution in [-0.2, 0) is 6.42 Å². The second-order valence-corrected chi connectivity index (χ2v) is 6.64. The fourth-order valence-electron chi connectivity index (χ4n) is 2.77. The molecular formula is C18H21ClN4S. The zero-order valence-electron chi connectivity index (χ0n) is 13.5. The maximum Gasteiger partial charge on any atom is 0.173 e. The number of benzene rings is 1. The smallest absolute Gasteiger partial charge is 0.173 e. The van der Waals surface area contributed by atoms with Gasteiger partial charge in [-0.1, -0.05) is 23.7 Å². The van der Waals surface area contributed by atoms with Gasteiger partial charge in [0.2, 0.25) is 0 Å². The molecule has 0 spiro atoms. The zero-order chi connectivity index (χ0) is 16.8. The van der Waals surface area contributed by atoms with E-state index in [1.165, 1.54) is 5.56 Å². The summed E-state index contributed by atoms with van der Waals surface area (Å²) in [6.45, 7) is 4.99. The Morgan fingerprint density at radius 3 is 2.50 bits per heavy atom. The minimum atomic E-state index is 0.691. The predicted octanol–water partition coefficient (Wildman–Crippen LogP) is 3.29. The highest BCUT2D eigenvalue weighted by molar-refractivity contribution is 7.80. The fourth-order valence-corrected chi connectivity index (χ4v) is 3.24. The number of pyridine rings is 1. The Morgan fingerprint density at radius 1 is 1.08 bits per heavy atom. The lowest BCUT2D eigenvalue weighted by atomic mass is 10.2. The maximum atomic E-state index is 6.18. The SMILES string of the molecule is S=C(Nc1ccccc1Cl)N1CCN(CCc2ccncc2)CC1. The number of para-hydroxylation sites is 1. The van der Waals surface area contributed by atoms with Gasteiger partial charge in [-0.25, -0.2) is 0 Å². The van der Waals surface area contributed by atoms with Crippen LogP contribution in [0.3, 0.4) is 0 Å². The van der Waals surface area contributed by atoms with Crippen LogP contribution in [0.1, 0.15) is 5.56 Å². The first kappa shape index (κ1) is 17.1. The third-order valence-corrected chi connectivity index (χ3v) is 4.93. The van der Waals surface area contributed by atoms with Crippen molar-refractivity contribution in [2.24, 2.45) is 0 Å². The molecule has 0 radical (unpaired) electrons. The average molecular weight is 361 g/mol. The van der Waals surface area contributed by atoms with E-state index in [2.05, 4.69) is 32.2 Å². The molecule has 0 aliphatic carbocycles. The third kappa shape index (κ3) is 4.66. The fraction of sp³-hybridized carbons (Fsp3) is 0.333. The number of hydrogen-bond acceptors (Lipinski definition) is 3. The summed E-state index contributed by atoms with van der Waals surface area (Å²) in [6, 6.07) is 11.8. The Morgan fingerprint density at radius 2 is 1.79 bits per heavy atom. The summed E-state index contributed by atoms with van der Waals surface area (Å²) in [5, 5.41) is 4.69. The molecule has 1 aromatic heterocycles. The van der Waals surface area contributed by atoms with Gasteiger partial charge in [0.15, 0.2) is 5.11 Å². The number of aromatic nitrogens is 1. The van der Waals surface area contributed by atoms with Crippen molar-refractivity contribution in [1.29, 1.82) is 0 Å². The van der Waals surface area contributed by atoms with Crippen LogP contribution in [0, 0.1) is 0 Å². The number of halogens is 1. The van der Waals surface area contributed by atoms with E-state index >= 15 is 0 Å². The molecule has 2 heterocycles. The van der Waals surface area contributed by atoms with Crippen LogP contribution in [0.5, 0.6) is 0 Å². The van der Waals surface area contributed by atoms with Gasteiger partial charge >= 0.3 is 0 Å². The molecule has 4 nitrogen and oxygen atoms in total. The van der Waals surface area contributed by atoms with E-state index in [1.54, 1.807) is 0 Å². The van der Waals surface area contributed by atoms with E-state index in [4.69, 9.17) is 23.8 Å². The van der Waals surface area contributed by atoms with E-state index in [0.717, 1.165) is 49.9 Å². The van der Waals surface area contributed by atoms with E-state index in [-0.39, 0.29) is 0 Å². The van der Waals surface area contributed by atoms with Crippen molar-refractivity contribution in [2.45, 2.75) is 6.42 Å². The molecular weight excluding hydrogens is 340 g/mol. The van der Waals surface area contributed by atoms with Crippen molar-refractivity contribution in [3.8, 4) is 0 Å². The van der Waals surface area contributed by atoms with Gasteiger partial charge in [-0.2, -0.15) is 0 Å². The van der Waals surface area contributed by atoms with Gasteiger partial charge in [-0.05, 0) is 48.5 Å². The Bertz CT molecular complexity index is 672. The number of thiocarbonyl (C=S) groups is 1. The number of rotatable bonds is 4. The van der Waals surface area contributed by atoms with Crippen molar-refractivity contribution < 1.29 is 0 Å². The van der Waals surface area contributed by atoms with Gasteiger partial charge in [0.05, 0.1) is 10.7 Å². The lowest BCUT2D eigenvalue weighted by Crippen LogP contribution is -2.50. The van der Waals surface area contributed by atoms with Crippen LogP contribution in [0.4, 0.5) is 5.69 Å². The highest BCUT2D eigenvalue weighted by atomic mass is 35.5. The number of piperazine rings is 1. The van der Waals surface area contributed by atoms with Crippen LogP contribution in [0.2, 0.25) is 5.02 Å². The second-order valence-electron chi connectivity index (χ2n) is 5.84. The van der Waals surface area contributed by atoms with Crippen LogP contribution >= 0.6 is 23.8 Å². The van der Waals surface area contributed by atoms with Crippen molar-refractivity contribution in [3.05, 3.63) is 59.4 Å². The van der Waals surface area contributed by atoms with Gasteiger partial charge in [0.25, 0.3) is 0 Å². The molecule has 1 fully saturated rings. The van der Waals surface area contributed by atoms with Crippen LogP contribution in [0.25, 0.3) is 0 Å². The first-order valence-corrected chi connectivity index (χ1v) is 8.93. The minimum Gasteiger partial charge on any atom is -0.346 e. The molecule has 126 valence electrons. The first-order chi connectivity index (χ1) is 11.7. The zero-order valence-corrected chi connectivity index (χ0v) is 15.1. The molecule has 3 rings (SSSR count). The number of hydrogen-bond donors (Lipinski definition) is 1. The summed E-state index contributed by atoms with van der Waals surface area (Å²) in [7, 11) is 0. The van der Waals surface area contributed by atoms with Crippen LogP contribution in [-0.4, -0.2) is 52.6 Å². The first-order valence-electron chi connectivity index (χ1n) is 8.14. The summed E-state index contributed by atoms with van der Waals surface area (Å²) in [4.78, 5) is 8.75. The van der Waals surface area contributed by atoms with Crippen molar-refractivity contribution >= 4 is 34.6 Å². The standard InChI is InChI=1S/C18H21ClN4S/c19-16-3-1-2-4-17(16)21-18(24)23-13-11-22(12-14-23)10-7-15-5-8-20-9-6-15/h1-6,8-9H,7,10-14H2,(H,21,24).